The van der Waals surface area contributed by atoms with Crippen molar-refractivity contribution < 1.29 is 18.8 Å². The van der Waals surface area contributed by atoms with Gasteiger partial charge in [0.25, 0.3) is 0 Å². The van der Waals surface area contributed by atoms with Gasteiger partial charge in [0.2, 0.25) is 11.8 Å². The Morgan fingerprint density at radius 3 is 2.55 bits per heavy atom. The fourth-order valence-electron chi connectivity index (χ4n) is 4.41. The van der Waals surface area contributed by atoms with E-state index in [9.17, 15) is 18.8 Å². The summed E-state index contributed by atoms with van der Waals surface area (Å²) >= 11 is 5.81. The lowest BCUT2D eigenvalue weighted by Crippen LogP contribution is -2.46. The smallest absolute Gasteiger partial charge is 0.243 e. The first-order chi connectivity index (χ1) is 15.9. The van der Waals surface area contributed by atoms with Gasteiger partial charge in [-0.1, -0.05) is 60.1 Å². The summed E-state index contributed by atoms with van der Waals surface area (Å²) in [6.45, 7) is 2.02. The van der Waals surface area contributed by atoms with Gasteiger partial charge in [0.05, 0.1) is 11.4 Å². The van der Waals surface area contributed by atoms with Gasteiger partial charge in [-0.3, -0.25) is 14.4 Å². The molecule has 0 unspecified atom stereocenters. The van der Waals surface area contributed by atoms with E-state index in [4.69, 9.17) is 11.6 Å². The maximum absolute atomic E-state index is 14.1. The number of amides is 2. The van der Waals surface area contributed by atoms with Crippen molar-refractivity contribution in [3.05, 3.63) is 82.1 Å². The van der Waals surface area contributed by atoms with Gasteiger partial charge in [0.15, 0.2) is 5.78 Å². The summed E-state index contributed by atoms with van der Waals surface area (Å²) in [5.41, 5.74) is 1.73. The van der Waals surface area contributed by atoms with Gasteiger partial charge in [-0.05, 0) is 42.2 Å². The predicted octanol–water partition coefficient (Wildman–Crippen LogP) is 4.68. The van der Waals surface area contributed by atoms with E-state index < -0.39 is 11.9 Å². The van der Waals surface area contributed by atoms with Gasteiger partial charge in [-0.15, -0.1) is 0 Å². The molecule has 3 aromatic rings. The van der Waals surface area contributed by atoms with Crippen LogP contribution in [-0.4, -0.2) is 35.1 Å². The third-order valence-corrected chi connectivity index (χ3v) is 6.39. The molecule has 1 saturated heterocycles. The van der Waals surface area contributed by atoms with Crippen LogP contribution in [0.1, 0.15) is 41.3 Å². The van der Waals surface area contributed by atoms with E-state index in [1.165, 1.54) is 13.0 Å². The Balaban J connectivity index is 1.48. The molecule has 5 nitrogen and oxygen atoms in total. The summed E-state index contributed by atoms with van der Waals surface area (Å²) < 4.78 is 14.1. The number of rotatable bonds is 6. The molecule has 2 amide bonds. The minimum atomic E-state index is -0.595. The number of hydrogen-bond donors (Lipinski definition) is 1. The summed E-state index contributed by atoms with van der Waals surface area (Å²) in [5.74, 6) is -1.05. The first-order valence-corrected chi connectivity index (χ1v) is 11.3. The highest BCUT2D eigenvalue weighted by molar-refractivity contribution is 6.30. The number of hydrogen-bond acceptors (Lipinski definition) is 3. The molecule has 1 aliphatic heterocycles. The van der Waals surface area contributed by atoms with E-state index in [-0.39, 0.29) is 35.6 Å². The Kier molecular flexibility index (Phi) is 6.75. The fraction of sp³-hybridized carbons (Fsp3) is 0.269. The van der Waals surface area contributed by atoms with Crippen LogP contribution < -0.4 is 5.32 Å². The summed E-state index contributed by atoms with van der Waals surface area (Å²) in [4.78, 5) is 39.6. The third-order valence-electron chi connectivity index (χ3n) is 6.10. The molecular weight excluding hydrogens is 443 g/mol. The number of nitrogens with one attached hydrogen (secondary N) is 1. The average Bonchev–Trinajstić information content (AvgIpc) is 3.30. The SMILES string of the molecule is CC(=O)c1ccc(CC(=O)N2CCC[C@H]2C(=O)NCc2cccc(Cl)c2F)c2ccccc12. The molecule has 0 bridgehead atoms. The molecule has 1 fully saturated rings. The van der Waals surface area contributed by atoms with Crippen LogP contribution >= 0.6 is 11.6 Å². The Hall–Kier alpha value is -3.25. The standard InChI is InChI=1S/C26H24ClFN2O3/c1-16(31)19-12-11-17(20-7-2-3-8-21(19)20)14-24(32)30-13-5-10-23(30)26(33)29-15-18-6-4-9-22(27)25(18)28/h2-4,6-9,11-12,23H,5,10,13-15H2,1H3,(H,29,33)/t23-/m0/s1. The largest absolute Gasteiger partial charge is 0.350 e. The number of Topliss-reactive ketones (excluding diaryl/α,β-unsaturated/α-hetero) is 1. The maximum Gasteiger partial charge on any atom is 0.243 e. The Morgan fingerprint density at radius 2 is 1.79 bits per heavy atom. The highest BCUT2D eigenvalue weighted by atomic mass is 35.5. The van der Waals surface area contributed by atoms with Crippen LogP contribution in [-0.2, 0) is 22.6 Å². The lowest BCUT2D eigenvalue weighted by molar-refractivity contribution is -0.138. The molecule has 1 atom stereocenters. The Bertz CT molecular complexity index is 1240. The van der Waals surface area contributed by atoms with Crippen molar-refractivity contribution in [2.24, 2.45) is 0 Å². The molecule has 0 radical (unpaired) electrons. The van der Waals surface area contributed by atoms with E-state index in [2.05, 4.69) is 5.32 Å². The number of fused-ring (bicyclic) bond motifs is 1. The molecule has 1 aliphatic rings. The molecule has 170 valence electrons. The van der Waals surface area contributed by atoms with E-state index in [1.54, 1.807) is 23.1 Å². The number of benzene rings is 3. The molecule has 3 aromatic carbocycles. The number of nitrogens with zero attached hydrogens (tertiary/aromatic N) is 1. The van der Waals surface area contributed by atoms with Crippen molar-refractivity contribution in [3.8, 4) is 0 Å². The molecular formula is C26H24ClFN2O3. The second-order valence-electron chi connectivity index (χ2n) is 8.23. The molecule has 1 heterocycles. The predicted molar refractivity (Wildman–Crippen MR) is 126 cm³/mol. The van der Waals surface area contributed by atoms with Crippen LogP contribution in [0.5, 0.6) is 0 Å². The lowest BCUT2D eigenvalue weighted by atomic mass is 9.96. The molecule has 0 saturated carbocycles. The Morgan fingerprint density at radius 1 is 1.03 bits per heavy atom. The van der Waals surface area contributed by atoms with Gasteiger partial charge >= 0.3 is 0 Å². The van der Waals surface area contributed by atoms with E-state index in [1.807, 2.05) is 30.3 Å². The van der Waals surface area contributed by atoms with Crippen LogP contribution in [0, 0.1) is 5.82 Å². The van der Waals surface area contributed by atoms with Crippen LogP contribution in [0.25, 0.3) is 10.8 Å². The van der Waals surface area contributed by atoms with Crippen LogP contribution in [0.15, 0.2) is 54.6 Å². The summed E-state index contributed by atoms with van der Waals surface area (Å²) in [5, 5.41) is 4.41. The zero-order chi connectivity index (χ0) is 23.5. The molecule has 0 spiro atoms. The highest BCUT2D eigenvalue weighted by Gasteiger charge is 2.34. The molecule has 0 aromatic heterocycles. The minimum absolute atomic E-state index is 0.000896. The van der Waals surface area contributed by atoms with Gasteiger partial charge in [0.1, 0.15) is 11.9 Å². The zero-order valence-electron chi connectivity index (χ0n) is 18.2. The van der Waals surface area contributed by atoms with Gasteiger partial charge in [0, 0.05) is 24.2 Å². The highest BCUT2D eigenvalue weighted by Crippen LogP contribution is 2.26. The minimum Gasteiger partial charge on any atom is -0.350 e. The fourth-order valence-corrected chi connectivity index (χ4v) is 4.60. The second kappa shape index (κ2) is 9.71. The van der Waals surface area contributed by atoms with Crippen molar-refractivity contribution in [1.29, 1.82) is 0 Å². The topological polar surface area (TPSA) is 66.5 Å². The summed E-state index contributed by atoms with van der Waals surface area (Å²) in [6.07, 6.45) is 1.41. The number of ketones is 1. The molecule has 4 rings (SSSR count). The van der Waals surface area contributed by atoms with Crippen LogP contribution in [0.4, 0.5) is 4.39 Å². The zero-order valence-corrected chi connectivity index (χ0v) is 19.0. The molecule has 7 heteroatoms. The monoisotopic (exact) mass is 466 g/mol. The quantitative estimate of drug-likeness (QED) is 0.536. The van der Waals surface area contributed by atoms with Gasteiger partial charge in [-0.25, -0.2) is 4.39 Å². The van der Waals surface area contributed by atoms with Crippen molar-refractivity contribution in [2.45, 2.75) is 38.8 Å². The number of carbonyl (C=O) groups is 3. The number of halogens is 2. The molecule has 33 heavy (non-hydrogen) atoms. The number of likely N-dealkylation sites (tertiary alicyclic amines) is 1. The first-order valence-electron chi connectivity index (χ1n) is 10.9. The molecule has 0 aliphatic carbocycles. The van der Waals surface area contributed by atoms with E-state index in [0.29, 0.717) is 24.1 Å². The van der Waals surface area contributed by atoms with Crippen molar-refractivity contribution in [3.63, 3.8) is 0 Å². The van der Waals surface area contributed by atoms with Crippen molar-refractivity contribution in [1.82, 2.24) is 10.2 Å². The van der Waals surface area contributed by atoms with E-state index in [0.717, 1.165) is 22.8 Å². The second-order valence-corrected chi connectivity index (χ2v) is 8.63. The van der Waals surface area contributed by atoms with E-state index >= 15 is 0 Å². The molecule has 1 N–H and O–H groups in total. The van der Waals surface area contributed by atoms with Crippen LogP contribution in [0.2, 0.25) is 5.02 Å². The van der Waals surface area contributed by atoms with Crippen molar-refractivity contribution >= 4 is 40.0 Å². The first kappa shape index (κ1) is 22.9. The maximum atomic E-state index is 14.1. The van der Waals surface area contributed by atoms with Crippen LogP contribution in [0.3, 0.4) is 0 Å². The normalized spacial score (nSPS) is 15.6. The summed E-state index contributed by atoms with van der Waals surface area (Å²) in [6, 6.07) is 15.1. The average molecular weight is 467 g/mol. The van der Waals surface area contributed by atoms with Gasteiger partial charge < -0.3 is 10.2 Å². The van der Waals surface area contributed by atoms with Gasteiger partial charge in [-0.2, -0.15) is 0 Å². The Labute approximate surface area is 196 Å². The van der Waals surface area contributed by atoms with Crippen molar-refractivity contribution in [2.75, 3.05) is 6.54 Å². The number of carbonyl (C=O) groups excluding carboxylic acids is 3. The third kappa shape index (κ3) is 4.76. The lowest BCUT2D eigenvalue weighted by Gasteiger charge is -2.24. The summed E-state index contributed by atoms with van der Waals surface area (Å²) in [7, 11) is 0.